The highest BCUT2D eigenvalue weighted by molar-refractivity contribution is 5.55. The second-order valence-electron chi connectivity index (χ2n) is 2.59. The highest BCUT2D eigenvalue weighted by atomic mass is 16.3. The van der Waals surface area contributed by atoms with Crippen LogP contribution in [0.25, 0.3) is 0 Å². The van der Waals surface area contributed by atoms with E-state index in [9.17, 15) is 4.91 Å². The van der Waals surface area contributed by atoms with Crippen LogP contribution in [0.2, 0.25) is 0 Å². The van der Waals surface area contributed by atoms with E-state index in [1.807, 2.05) is 0 Å². The van der Waals surface area contributed by atoms with Crippen LogP contribution in [0, 0.1) is 4.91 Å². The van der Waals surface area contributed by atoms with Gasteiger partial charge in [-0.05, 0) is 11.2 Å². The molecular formula is C8H7N5O. The minimum atomic E-state index is 0.335. The number of anilines is 2. The lowest BCUT2D eigenvalue weighted by molar-refractivity contribution is 1.09. The zero-order chi connectivity index (χ0) is 9.80. The average Bonchev–Trinajstić information content (AvgIpc) is 2.71. The first-order valence-corrected chi connectivity index (χ1v) is 3.94. The van der Waals surface area contributed by atoms with Gasteiger partial charge < -0.3 is 5.32 Å². The number of nitrogens with zero attached hydrogens (tertiary/aromatic N) is 3. The molecular weight excluding hydrogens is 182 g/mol. The zero-order valence-electron chi connectivity index (χ0n) is 7.14. The summed E-state index contributed by atoms with van der Waals surface area (Å²) >= 11 is 0. The van der Waals surface area contributed by atoms with Gasteiger partial charge >= 0.3 is 0 Å². The molecule has 0 aliphatic heterocycles. The van der Waals surface area contributed by atoms with Crippen LogP contribution in [0.1, 0.15) is 0 Å². The fourth-order valence-corrected chi connectivity index (χ4v) is 1.01. The number of aromatic amines is 1. The summed E-state index contributed by atoms with van der Waals surface area (Å²) in [7, 11) is 0. The molecule has 6 heteroatoms. The zero-order valence-corrected chi connectivity index (χ0v) is 7.14. The predicted octanol–water partition coefficient (Wildman–Crippen LogP) is 1.95. The lowest BCUT2D eigenvalue weighted by atomic mass is 10.4. The summed E-state index contributed by atoms with van der Waals surface area (Å²) in [5, 5.41) is 12.2. The van der Waals surface area contributed by atoms with Crippen molar-refractivity contribution in [2.24, 2.45) is 5.18 Å². The number of nitrogens with one attached hydrogen (secondary N) is 2. The molecule has 0 spiro atoms. The molecule has 0 aromatic carbocycles. The molecule has 0 saturated carbocycles. The van der Waals surface area contributed by atoms with Gasteiger partial charge in [0.15, 0.2) is 0 Å². The molecule has 0 radical (unpaired) electrons. The maximum absolute atomic E-state index is 10.2. The first-order valence-electron chi connectivity index (χ1n) is 3.94. The molecule has 14 heavy (non-hydrogen) atoms. The molecule has 0 unspecified atom stereocenters. The van der Waals surface area contributed by atoms with Gasteiger partial charge in [0.2, 0.25) is 0 Å². The third-order valence-corrected chi connectivity index (χ3v) is 1.61. The quantitative estimate of drug-likeness (QED) is 0.723. The van der Waals surface area contributed by atoms with Crippen molar-refractivity contribution < 1.29 is 0 Å². The van der Waals surface area contributed by atoms with Crippen LogP contribution in [0.3, 0.4) is 0 Å². The Hall–Kier alpha value is -2.24. The van der Waals surface area contributed by atoms with Crippen LogP contribution in [-0.2, 0) is 0 Å². The minimum absolute atomic E-state index is 0.335. The highest BCUT2D eigenvalue weighted by Crippen LogP contribution is 2.17. The first-order chi connectivity index (χ1) is 6.88. The smallest absolute Gasteiger partial charge is 0.133 e. The van der Waals surface area contributed by atoms with Gasteiger partial charge in [0.1, 0.15) is 17.3 Å². The molecule has 0 amide bonds. The molecule has 0 fully saturated rings. The van der Waals surface area contributed by atoms with Crippen LogP contribution in [0.4, 0.5) is 17.3 Å². The Balaban J connectivity index is 2.21. The van der Waals surface area contributed by atoms with E-state index in [4.69, 9.17) is 0 Å². The summed E-state index contributed by atoms with van der Waals surface area (Å²) in [6.07, 6.45) is 3.12. The van der Waals surface area contributed by atoms with Crippen molar-refractivity contribution in [3.63, 3.8) is 0 Å². The van der Waals surface area contributed by atoms with Crippen LogP contribution < -0.4 is 5.32 Å². The summed E-state index contributed by atoms with van der Waals surface area (Å²) in [5.74, 6) is 1.26. The van der Waals surface area contributed by atoms with Crippen LogP contribution in [-0.4, -0.2) is 15.2 Å². The summed E-state index contributed by atoms with van der Waals surface area (Å²) in [6.45, 7) is 0. The predicted molar refractivity (Wildman–Crippen MR) is 51.6 cm³/mol. The lowest BCUT2D eigenvalue weighted by Crippen LogP contribution is -1.92. The molecule has 0 aliphatic carbocycles. The van der Waals surface area contributed by atoms with E-state index < -0.39 is 0 Å². The number of nitroso groups, excluding NO2 is 1. The second-order valence-corrected chi connectivity index (χ2v) is 2.59. The van der Waals surface area contributed by atoms with Gasteiger partial charge in [-0.3, -0.25) is 5.10 Å². The van der Waals surface area contributed by atoms with E-state index in [1.54, 1.807) is 18.3 Å². The molecule has 0 saturated heterocycles. The summed E-state index contributed by atoms with van der Waals surface area (Å²) in [6, 6.07) is 4.83. The van der Waals surface area contributed by atoms with Crippen molar-refractivity contribution in [1.82, 2.24) is 15.2 Å². The Morgan fingerprint density at radius 2 is 2.29 bits per heavy atom. The number of H-pyrrole nitrogens is 1. The lowest BCUT2D eigenvalue weighted by Gasteiger charge is -2.00. The maximum atomic E-state index is 10.2. The van der Waals surface area contributed by atoms with Gasteiger partial charge in [0.25, 0.3) is 0 Å². The van der Waals surface area contributed by atoms with Crippen molar-refractivity contribution in [2.75, 3.05) is 5.32 Å². The average molecular weight is 189 g/mol. The first kappa shape index (κ1) is 8.36. The molecule has 2 aromatic heterocycles. The molecule has 2 heterocycles. The van der Waals surface area contributed by atoms with Crippen LogP contribution in [0.15, 0.2) is 35.8 Å². The summed E-state index contributed by atoms with van der Waals surface area (Å²) in [4.78, 5) is 14.2. The molecule has 0 aliphatic rings. The number of rotatable bonds is 3. The van der Waals surface area contributed by atoms with Gasteiger partial charge in [-0.25, -0.2) is 4.98 Å². The Morgan fingerprint density at radius 1 is 1.36 bits per heavy atom. The van der Waals surface area contributed by atoms with E-state index in [0.717, 1.165) is 0 Å². The molecule has 2 rings (SSSR count). The Morgan fingerprint density at radius 3 is 3.00 bits per heavy atom. The molecule has 70 valence electrons. The van der Waals surface area contributed by atoms with E-state index in [1.165, 1.54) is 12.3 Å². The van der Waals surface area contributed by atoms with Gasteiger partial charge in [-0.15, -0.1) is 4.91 Å². The summed E-state index contributed by atoms with van der Waals surface area (Å²) in [5.41, 5.74) is 0.335. The van der Waals surface area contributed by atoms with Gasteiger partial charge in [-0.2, -0.15) is 5.10 Å². The number of hydrogen-bond donors (Lipinski definition) is 2. The highest BCUT2D eigenvalue weighted by Gasteiger charge is 1.98. The fraction of sp³-hybridized carbons (Fsp3) is 0. The Labute approximate surface area is 79.4 Å². The van der Waals surface area contributed by atoms with Crippen LogP contribution >= 0.6 is 0 Å². The SMILES string of the molecule is O=Nc1ccnc(Nc2ccn[nH]2)c1. The van der Waals surface area contributed by atoms with E-state index in [-0.39, 0.29) is 0 Å². The van der Waals surface area contributed by atoms with Crippen molar-refractivity contribution in [1.29, 1.82) is 0 Å². The van der Waals surface area contributed by atoms with Gasteiger partial charge in [0.05, 0.1) is 6.20 Å². The largest absolute Gasteiger partial charge is 0.325 e. The van der Waals surface area contributed by atoms with Crippen molar-refractivity contribution in [3.8, 4) is 0 Å². The van der Waals surface area contributed by atoms with Crippen LogP contribution in [0.5, 0.6) is 0 Å². The second kappa shape index (κ2) is 3.65. The minimum Gasteiger partial charge on any atom is -0.325 e. The van der Waals surface area contributed by atoms with Crippen molar-refractivity contribution in [2.45, 2.75) is 0 Å². The molecule has 2 N–H and O–H groups in total. The number of aromatic nitrogens is 3. The van der Waals surface area contributed by atoms with Gasteiger partial charge in [0, 0.05) is 18.3 Å². The Bertz CT molecular complexity index is 425. The third-order valence-electron chi connectivity index (χ3n) is 1.61. The molecule has 0 atom stereocenters. The standard InChI is InChI=1S/C8H7N5O/c14-13-6-1-3-9-8(5-6)11-7-2-4-10-12-7/h1-5H,(H2,9,10,11,12). The number of hydrogen-bond acceptors (Lipinski definition) is 5. The van der Waals surface area contributed by atoms with E-state index in [0.29, 0.717) is 17.3 Å². The number of pyridine rings is 1. The fourth-order valence-electron chi connectivity index (χ4n) is 1.01. The molecule has 2 aromatic rings. The van der Waals surface area contributed by atoms with E-state index in [2.05, 4.69) is 25.7 Å². The Kier molecular flexibility index (Phi) is 2.18. The van der Waals surface area contributed by atoms with Crippen molar-refractivity contribution in [3.05, 3.63) is 35.5 Å². The monoisotopic (exact) mass is 189 g/mol. The topological polar surface area (TPSA) is 83.0 Å². The van der Waals surface area contributed by atoms with Gasteiger partial charge in [-0.1, -0.05) is 0 Å². The third kappa shape index (κ3) is 1.74. The normalized spacial score (nSPS) is 9.71. The van der Waals surface area contributed by atoms with E-state index >= 15 is 0 Å². The maximum Gasteiger partial charge on any atom is 0.133 e. The summed E-state index contributed by atoms with van der Waals surface area (Å²) < 4.78 is 0. The van der Waals surface area contributed by atoms with Crippen molar-refractivity contribution >= 4 is 17.3 Å². The molecule has 0 bridgehead atoms. The molecule has 6 nitrogen and oxygen atoms in total.